The number of aryl methyl sites for hydroxylation is 2. The largest absolute Gasteiger partial charge is 0.466 e. The minimum Gasteiger partial charge on any atom is -0.466 e. The van der Waals surface area contributed by atoms with Gasteiger partial charge in [0.2, 0.25) is 5.91 Å². The van der Waals surface area contributed by atoms with Crippen molar-refractivity contribution in [1.29, 1.82) is 0 Å². The van der Waals surface area contributed by atoms with Crippen molar-refractivity contribution in [3.63, 3.8) is 0 Å². The molecule has 1 fully saturated rings. The first-order valence-electron chi connectivity index (χ1n) is 10.5. The summed E-state index contributed by atoms with van der Waals surface area (Å²) in [4.78, 5) is 37.5. The van der Waals surface area contributed by atoms with Crippen molar-refractivity contribution in [1.82, 2.24) is 14.9 Å². The van der Waals surface area contributed by atoms with E-state index in [1.807, 2.05) is 30.9 Å². The number of hydrogen-bond acceptors (Lipinski definition) is 6. The minimum absolute atomic E-state index is 0.00116. The van der Waals surface area contributed by atoms with Crippen molar-refractivity contribution in [2.24, 2.45) is 0 Å². The van der Waals surface area contributed by atoms with Crippen LogP contribution in [0.2, 0.25) is 0 Å². The fraction of sp³-hybridized carbons (Fsp3) is 0.478. The molecule has 2 aromatic rings. The maximum absolute atomic E-state index is 12.4. The quantitative estimate of drug-likeness (QED) is 0.682. The Labute approximate surface area is 178 Å². The second kappa shape index (κ2) is 9.69. The molecule has 0 spiro atoms. The van der Waals surface area contributed by atoms with Gasteiger partial charge in [0, 0.05) is 49.4 Å². The van der Waals surface area contributed by atoms with Crippen molar-refractivity contribution in [2.75, 3.05) is 37.7 Å². The maximum atomic E-state index is 12.4. The van der Waals surface area contributed by atoms with Crippen molar-refractivity contribution in [3.05, 3.63) is 41.1 Å². The van der Waals surface area contributed by atoms with Crippen LogP contribution in [0.1, 0.15) is 36.6 Å². The van der Waals surface area contributed by atoms with E-state index in [9.17, 15) is 9.59 Å². The van der Waals surface area contributed by atoms with Crippen LogP contribution in [0, 0.1) is 20.8 Å². The molecule has 1 saturated heterocycles. The van der Waals surface area contributed by atoms with Crippen LogP contribution in [0.5, 0.6) is 0 Å². The number of aromatic nitrogens is 2. The second-order valence-electron chi connectivity index (χ2n) is 7.62. The van der Waals surface area contributed by atoms with Gasteiger partial charge in [0.15, 0.2) is 5.82 Å². The van der Waals surface area contributed by atoms with Crippen LogP contribution in [-0.2, 0) is 14.3 Å². The monoisotopic (exact) mass is 410 g/mol. The lowest BCUT2D eigenvalue weighted by molar-refractivity contribution is -0.145. The molecule has 30 heavy (non-hydrogen) atoms. The van der Waals surface area contributed by atoms with Crippen LogP contribution in [-0.4, -0.2) is 59.5 Å². The molecular weight excluding hydrogens is 380 g/mol. The van der Waals surface area contributed by atoms with Gasteiger partial charge in [0.1, 0.15) is 5.82 Å². The van der Waals surface area contributed by atoms with Gasteiger partial charge in [-0.05, 0) is 33.8 Å². The van der Waals surface area contributed by atoms with Crippen LogP contribution in [0.25, 0.3) is 11.4 Å². The topological polar surface area (TPSA) is 75.6 Å². The summed E-state index contributed by atoms with van der Waals surface area (Å²) in [5, 5.41) is 0. The van der Waals surface area contributed by atoms with E-state index in [0.717, 1.165) is 28.5 Å². The highest BCUT2D eigenvalue weighted by Crippen LogP contribution is 2.26. The standard InChI is InChI=1S/C23H30N4O3/c1-5-30-21(29)10-9-20(28)26-11-13-27(14-12-26)23-17(3)18(4)24-22(25-23)19-8-6-7-16(2)15-19/h6-8,15H,5,9-14H2,1-4H3. The molecule has 160 valence electrons. The summed E-state index contributed by atoms with van der Waals surface area (Å²) in [6, 6.07) is 8.20. The van der Waals surface area contributed by atoms with E-state index in [2.05, 4.69) is 24.0 Å². The molecular formula is C23H30N4O3. The molecule has 0 N–H and O–H groups in total. The van der Waals surface area contributed by atoms with Crippen LogP contribution in [0.3, 0.4) is 0 Å². The number of carbonyl (C=O) groups excluding carboxylic acids is 2. The lowest BCUT2D eigenvalue weighted by atomic mass is 10.1. The molecule has 1 aliphatic heterocycles. The summed E-state index contributed by atoms with van der Waals surface area (Å²) in [5.74, 6) is 1.33. The minimum atomic E-state index is -0.319. The van der Waals surface area contributed by atoms with Crippen molar-refractivity contribution in [3.8, 4) is 11.4 Å². The van der Waals surface area contributed by atoms with E-state index in [4.69, 9.17) is 14.7 Å². The number of carbonyl (C=O) groups is 2. The lowest BCUT2D eigenvalue weighted by Gasteiger charge is -2.36. The van der Waals surface area contributed by atoms with Gasteiger partial charge in [0.05, 0.1) is 13.0 Å². The molecule has 7 nitrogen and oxygen atoms in total. The number of hydrogen-bond donors (Lipinski definition) is 0. The fourth-order valence-electron chi connectivity index (χ4n) is 3.60. The van der Waals surface area contributed by atoms with Crippen molar-refractivity contribution < 1.29 is 14.3 Å². The zero-order valence-electron chi connectivity index (χ0n) is 18.3. The number of rotatable bonds is 6. The maximum Gasteiger partial charge on any atom is 0.306 e. The van der Waals surface area contributed by atoms with Crippen LogP contribution in [0.4, 0.5) is 5.82 Å². The molecule has 0 unspecified atom stereocenters. The smallest absolute Gasteiger partial charge is 0.306 e. The lowest BCUT2D eigenvalue weighted by Crippen LogP contribution is -2.49. The average molecular weight is 411 g/mol. The molecule has 0 aliphatic carbocycles. The van der Waals surface area contributed by atoms with Crippen molar-refractivity contribution in [2.45, 2.75) is 40.5 Å². The summed E-state index contributed by atoms with van der Waals surface area (Å²) in [6.07, 6.45) is 0.332. The van der Waals surface area contributed by atoms with Gasteiger partial charge in [-0.15, -0.1) is 0 Å². The van der Waals surface area contributed by atoms with E-state index >= 15 is 0 Å². The highest BCUT2D eigenvalue weighted by molar-refractivity contribution is 5.81. The van der Waals surface area contributed by atoms with E-state index in [1.165, 1.54) is 5.56 Å². The number of piperazine rings is 1. The van der Waals surface area contributed by atoms with Crippen LogP contribution >= 0.6 is 0 Å². The van der Waals surface area contributed by atoms with Gasteiger partial charge in [-0.25, -0.2) is 9.97 Å². The first-order chi connectivity index (χ1) is 14.4. The Balaban J connectivity index is 1.68. The first kappa shape index (κ1) is 21.7. The first-order valence-corrected chi connectivity index (χ1v) is 10.5. The van der Waals surface area contributed by atoms with Crippen molar-refractivity contribution >= 4 is 17.7 Å². The third-order valence-electron chi connectivity index (χ3n) is 5.42. The Kier molecular flexibility index (Phi) is 7.03. The molecule has 0 saturated carbocycles. The Bertz CT molecular complexity index is 921. The molecule has 0 bridgehead atoms. The number of benzene rings is 1. The number of esters is 1. The Morgan fingerprint density at radius 3 is 2.43 bits per heavy atom. The normalized spacial score (nSPS) is 14.0. The molecule has 0 radical (unpaired) electrons. The molecule has 1 aromatic carbocycles. The highest BCUT2D eigenvalue weighted by Gasteiger charge is 2.24. The fourth-order valence-corrected chi connectivity index (χ4v) is 3.60. The van der Waals surface area contributed by atoms with Crippen LogP contribution < -0.4 is 4.90 Å². The molecule has 3 rings (SSSR count). The van der Waals surface area contributed by atoms with Gasteiger partial charge in [-0.3, -0.25) is 9.59 Å². The summed E-state index contributed by atoms with van der Waals surface area (Å²) in [5.41, 5.74) is 4.20. The molecule has 7 heteroatoms. The average Bonchev–Trinajstić information content (AvgIpc) is 2.74. The highest BCUT2D eigenvalue weighted by atomic mass is 16.5. The second-order valence-corrected chi connectivity index (χ2v) is 7.62. The summed E-state index contributed by atoms with van der Waals surface area (Å²) < 4.78 is 4.90. The third kappa shape index (κ3) is 5.14. The van der Waals surface area contributed by atoms with Crippen LogP contribution in [0.15, 0.2) is 24.3 Å². The van der Waals surface area contributed by atoms with Gasteiger partial charge in [-0.2, -0.15) is 0 Å². The van der Waals surface area contributed by atoms with E-state index in [0.29, 0.717) is 32.8 Å². The predicted octanol–water partition coefficient (Wildman–Crippen LogP) is 3.06. The summed E-state index contributed by atoms with van der Waals surface area (Å²) in [7, 11) is 0. The van der Waals surface area contributed by atoms with E-state index in [1.54, 1.807) is 6.92 Å². The summed E-state index contributed by atoms with van der Waals surface area (Å²) in [6.45, 7) is 10.9. The number of anilines is 1. The number of nitrogens with zero attached hydrogens (tertiary/aromatic N) is 4. The predicted molar refractivity (Wildman–Crippen MR) is 116 cm³/mol. The number of ether oxygens (including phenoxy) is 1. The zero-order valence-corrected chi connectivity index (χ0v) is 18.3. The Morgan fingerprint density at radius 2 is 1.77 bits per heavy atom. The number of amides is 1. The molecule has 2 heterocycles. The third-order valence-corrected chi connectivity index (χ3v) is 5.42. The van der Waals surface area contributed by atoms with Gasteiger partial charge >= 0.3 is 5.97 Å². The van der Waals surface area contributed by atoms with Gasteiger partial charge in [0.25, 0.3) is 0 Å². The van der Waals surface area contributed by atoms with E-state index < -0.39 is 0 Å². The van der Waals surface area contributed by atoms with E-state index in [-0.39, 0.29) is 24.7 Å². The van der Waals surface area contributed by atoms with Gasteiger partial charge in [-0.1, -0.05) is 23.8 Å². The zero-order chi connectivity index (χ0) is 21.7. The molecule has 1 amide bonds. The SMILES string of the molecule is CCOC(=O)CCC(=O)N1CCN(c2nc(-c3cccc(C)c3)nc(C)c2C)CC1. The van der Waals surface area contributed by atoms with Gasteiger partial charge < -0.3 is 14.5 Å². The summed E-state index contributed by atoms with van der Waals surface area (Å²) >= 11 is 0. The Hall–Kier alpha value is -2.96. The molecule has 0 atom stereocenters. The molecule has 1 aliphatic rings. The molecule has 1 aromatic heterocycles. The Morgan fingerprint density at radius 1 is 1.03 bits per heavy atom.